The molecule has 0 saturated carbocycles. The van der Waals surface area contributed by atoms with Crippen LogP contribution in [0.3, 0.4) is 0 Å². The van der Waals surface area contributed by atoms with Gasteiger partial charge in [-0.2, -0.15) is 5.10 Å². The summed E-state index contributed by atoms with van der Waals surface area (Å²) in [6, 6.07) is 3.86. The average molecular weight is 461 g/mol. The maximum absolute atomic E-state index is 14.1. The van der Waals surface area contributed by atoms with Crippen LogP contribution in [0.5, 0.6) is 0 Å². The number of amides is 3. The molecule has 10 heteroatoms. The van der Waals surface area contributed by atoms with Crippen LogP contribution >= 0.6 is 0 Å². The van der Waals surface area contributed by atoms with E-state index in [1.807, 2.05) is 23.6 Å². The molecule has 5 atom stereocenters. The second kappa shape index (κ2) is 7.93. The third-order valence-corrected chi connectivity index (χ3v) is 8.05. The van der Waals surface area contributed by atoms with Crippen molar-refractivity contribution >= 4 is 17.8 Å². The molecular formula is C23H30F2N6O2. The monoisotopic (exact) mass is 460 g/mol. The summed E-state index contributed by atoms with van der Waals surface area (Å²) in [6.07, 6.45) is 2.29. The highest BCUT2D eigenvalue weighted by atomic mass is 19.2. The summed E-state index contributed by atoms with van der Waals surface area (Å²) in [5.74, 6) is -2.98. The maximum Gasteiger partial charge on any atom is 0.320 e. The number of carbonyl (C=O) groups excluding carboxylic acids is 2. The molecule has 4 heterocycles. The van der Waals surface area contributed by atoms with Gasteiger partial charge in [-0.25, -0.2) is 13.6 Å². The molecule has 5 rings (SSSR count). The van der Waals surface area contributed by atoms with Gasteiger partial charge in [-0.3, -0.25) is 15.1 Å². The minimum Gasteiger partial charge on any atom is -0.319 e. The molecule has 1 aromatic rings. The minimum atomic E-state index is -1.19. The van der Waals surface area contributed by atoms with Crippen LogP contribution in [-0.4, -0.2) is 82.3 Å². The fourth-order valence-corrected chi connectivity index (χ4v) is 5.80. The molecule has 0 aromatic heterocycles. The molecular weight excluding hydrogens is 430 g/mol. The lowest BCUT2D eigenvalue weighted by Crippen LogP contribution is -2.61. The Hall–Kier alpha value is -2.75. The highest BCUT2D eigenvalue weighted by Crippen LogP contribution is 2.38. The standard InChI is InChI=1S/C23H30F2N6O2/c1-13-10-29-9-5-6-15(29)11-30(13)22(33)31-12-17-20(27-28-23(17,3)14(31)2)26-21(32)16-7-4-8-18(24)19(16)25/h4,7-8,13-15,17,28H,5-6,9-12H2,1-3H3,(H,26,27,32)/t13-,14?,15-,17?,23?/m0/s1. The van der Waals surface area contributed by atoms with E-state index in [4.69, 9.17) is 0 Å². The van der Waals surface area contributed by atoms with E-state index in [9.17, 15) is 18.4 Å². The summed E-state index contributed by atoms with van der Waals surface area (Å²) in [6.45, 7) is 9.15. The summed E-state index contributed by atoms with van der Waals surface area (Å²) in [4.78, 5) is 32.5. The van der Waals surface area contributed by atoms with Gasteiger partial charge in [0, 0.05) is 31.7 Å². The van der Waals surface area contributed by atoms with Gasteiger partial charge in [-0.1, -0.05) is 6.07 Å². The van der Waals surface area contributed by atoms with Crippen LogP contribution in [0.4, 0.5) is 13.6 Å². The molecule has 4 aliphatic rings. The first-order valence-electron chi connectivity index (χ1n) is 11.6. The SMILES string of the molecule is CC1N(C(=O)N2C[C@@H]3CCCN3C[C@@H]2C)CC2C(NC(=O)c3cccc(F)c3F)=NNC21C. The summed E-state index contributed by atoms with van der Waals surface area (Å²) < 4.78 is 27.6. The number of benzene rings is 1. The zero-order valence-corrected chi connectivity index (χ0v) is 19.1. The Morgan fingerprint density at radius 3 is 2.76 bits per heavy atom. The highest BCUT2D eigenvalue weighted by Gasteiger charge is 2.57. The maximum atomic E-state index is 14.1. The molecule has 3 saturated heterocycles. The van der Waals surface area contributed by atoms with E-state index in [2.05, 4.69) is 27.7 Å². The number of carbonyl (C=O) groups is 2. The Balaban J connectivity index is 1.31. The van der Waals surface area contributed by atoms with E-state index in [0.717, 1.165) is 32.1 Å². The number of hydrazone groups is 1. The van der Waals surface area contributed by atoms with Gasteiger partial charge < -0.3 is 15.1 Å². The predicted molar refractivity (Wildman–Crippen MR) is 119 cm³/mol. The molecule has 2 N–H and O–H groups in total. The second-order valence-electron chi connectivity index (χ2n) is 9.90. The molecule has 3 fully saturated rings. The fourth-order valence-electron chi connectivity index (χ4n) is 5.80. The number of likely N-dealkylation sites (tertiary alicyclic amines) is 1. The van der Waals surface area contributed by atoms with Crippen molar-refractivity contribution in [3.05, 3.63) is 35.4 Å². The number of nitrogens with one attached hydrogen (secondary N) is 2. The summed E-state index contributed by atoms with van der Waals surface area (Å²) in [7, 11) is 0. The predicted octanol–water partition coefficient (Wildman–Crippen LogP) is 1.98. The van der Waals surface area contributed by atoms with Crippen molar-refractivity contribution in [2.24, 2.45) is 11.0 Å². The van der Waals surface area contributed by atoms with E-state index in [0.29, 0.717) is 18.4 Å². The zero-order chi connectivity index (χ0) is 23.5. The lowest BCUT2D eigenvalue weighted by atomic mass is 9.85. The number of hydrogen-bond donors (Lipinski definition) is 2. The van der Waals surface area contributed by atoms with Gasteiger partial charge in [0.05, 0.1) is 23.1 Å². The van der Waals surface area contributed by atoms with Crippen molar-refractivity contribution in [2.75, 3.05) is 26.2 Å². The zero-order valence-electron chi connectivity index (χ0n) is 19.1. The van der Waals surface area contributed by atoms with Crippen molar-refractivity contribution in [3.63, 3.8) is 0 Å². The summed E-state index contributed by atoms with van der Waals surface area (Å²) in [5, 5.41) is 6.93. The summed E-state index contributed by atoms with van der Waals surface area (Å²) >= 11 is 0. The van der Waals surface area contributed by atoms with Crippen molar-refractivity contribution in [1.82, 2.24) is 25.4 Å². The third kappa shape index (κ3) is 3.46. The molecule has 3 unspecified atom stereocenters. The van der Waals surface area contributed by atoms with E-state index < -0.39 is 23.1 Å². The molecule has 0 aliphatic carbocycles. The average Bonchev–Trinajstić information content (AvgIpc) is 3.43. The number of amidine groups is 1. The lowest BCUT2D eigenvalue weighted by Gasteiger charge is -2.44. The first-order chi connectivity index (χ1) is 15.7. The smallest absolute Gasteiger partial charge is 0.319 e. The molecule has 3 amide bonds. The van der Waals surface area contributed by atoms with Crippen LogP contribution in [0, 0.1) is 17.6 Å². The van der Waals surface area contributed by atoms with E-state index >= 15 is 0 Å². The van der Waals surface area contributed by atoms with Gasteiger partial charge in [0.1, 0.15) is 5.84 Å². The van der Waals surface area contributed by atoms with Gasteiger partial charge in [-0.05, 0) is 52.3 Å². The first-order valence-corrected chi connectivity index (χ1v) is 11.6. The Bertz CT molecular complexity index is 1020. The van der Waals surface area contributed by atoms with Crippen molar-refractivity contribution in [1.29, 1.82) is 0 Å². The Morgan fingerprint density at radius 2 is 1.97 bits per heavy atom. The van der Waals surface area contributed by atoms with Gasteiger partial charge in [0.15, 0.2) is 11.6 Å². The van der Waals surface area contributed by atoms with Gasteiger partial charge in [0.2, 0.25) is 0 Å². The Kier molecular flexibility index (Phi) is 5.30. The Morgan fingerprint density at radius 1 is 1.18 bits per heavy atom. The van der Waals surface area contributed by atoms with Crippen LogP contribution in [0.15, 0.2) is 23.3 Å². The number of fused-ring (bicyclic) bond motifs is 2. The van der Waals surface area contributed by atoms with Crippen LogP contribution in [0.25, 0.3) is 0 Å². The van der Waals surface area contributed by atoms with Gasteiger partial charge >= 0.3 is 6.03 Å². The Labute approximate surface area is 192 Å². The number of halogens is 2. The topological polar surface area (TPSA) is 80.3 Å². The molecule has 178 valence electrons. The van der Waals surface area contributed by atoms with Crippen molar-refractivity contribution in [2.45, 2.75) is 57.3 Å². The molecule has 0 radical (unpaired) electrons. The third-order valence-electron chi connectivity index (χ3n) is 8.05. The number of nitrogens with zero attached hydrogens (tertiary/aromatic N) is 4. The largest absolute Gasteiger partial charge is 0.320 e. The quantitative estimate of drug-likeness (QED) is 0.672. The highest BCUT2D eigenvalue weighted by molar-refractivity contribution is 6.08. The van der Waals surface area contributed by atoms with Crippen LogP contribution < -0.4 is 10.7 Å². The fraction of sp³-hybridized carbons (Fsp3) is 0.609. The molecule has 33 heavy (non-hydrogen) atoms. The van der Waals surface area contributed by atoms with E-state index in [1.165, 1.54) is 18.6 Å². The number of piperazine rings is 1. The van der Waals surface area contributed by atoms with Crippen molar-refractivity contribution in [3.8, 4) is 0 Å². The summed E-state index contributed by atoms with van der Waals surface area (Å²) in [5.41, 5.74) is 2.15. The molecule has 0 spiro atoms. The van der Waals surface area contributed by atoms with Crippen LogP contribution in [0.1, 0.15) is 44.0 Å². The molecule has 1 aromatic carbocycles. The number of urea groups is 1. The number of hydrogen-bond acceptors (Lipinski definition) is 5. The molecule has 8 nitrogen and oxygen atoms in total. The normalized spacial score (nSPS) is 33.4. The van der Waals surface area contributed by atoms with E-state index in [1.54, 1.807) is 0 Å². The van der Waals surface area contributed by atoms with Crippen LogP contribution in [-0.2, 0) is 0 Å². The molecule has 0 bridgehead atoms. The van der Waals surface area contributed by atoms with Crippen molar-refractivity contribution < 1.29 is 18.4 Å². The van der Waals surface area contributed by atoms with Gasteiger partial charge in [0.25, 0.3) is 5.91 Å². The van der Waals surface area contributed by atoms with Crippen LogP contribution in [0.2, 0.25) is 0 Å². The second-order valence-corrected chi connectivity index (χ2v) is 9.90. The first kappa shape index (κ1) is 22.1. The minimum absolute atomic E-state index is 0.000765. The lowest BCUT2D eigenvalue weighted by molar-refractivity contribution is 0.0595. The number of rotatable bonds is 1. The molecule has 4 aliphatic heterocycles. The van der Waals surface area contributed by atoms with E-state index in [-0.39, 0.29) is 29.6 Å². The van der Waals surface area contributed by atoms with Gasteiger partial charge in [-0.15, -0.1) is 0 Å².